The first-order valence-electron chi connectivity index (χ1n) is 7.92. The van der Waals surface area contributed by atoms with E-state index >= 15 is 0 Å². The molecule has 0 aliphatic carbocycles. The third kappa shape index (κ3) is 4.71. The van der Waals surface area contributed by atoms with Crippen LogP contribution in [0.3, 0.4) is 0 Å². The second-order valence-electron chi connectivity index (χ2n) is 5.81. The fourth-order valence-electron chi connectivity index (χ4n) is 2.52. The lowest BCUT2D eigenvalue weighted by Crippen LogP contribution is -2.14. The van der Waals surface area contributed by atoms with Crippen molar-refractivity contribution >= 4 is 22.9 Å². The van der Waals surface area contributed by atoms with Crippen LogP contribution in [-0.4, -0.2) is 10.9 Å². The molecule has 8 heteroatoms. The van der Waals surface area contributed by atoms with Gasteiger partial charge in [0.15, 0.2) is 0 Å². The average molecular weight is 394 g/mol. The fourth-order valence-corrected chi connectivity index (χ4v) is 3.47. The monoisotopic (exact) mass is 394 g/mol. The van der Waals surface area contributed by atoms with Crippen molar-refractivity contribution in [2.24, 2.45) is 0 Å². The van der Waals surface area contributed by atoms with E-state index in [-0.39, 0.29) is 23.8 Å². The predicted octanol–water partition coefficient (Wildman–Crippen LogP) is 5.46. The average Bonchev–Trinajstić information content (AvgIpc) is 2.95. The third-order valence-corrected chi connectivity index (χ3v) is 4.71. The molecule has 0 radical (unpaired) electrons. The first-order valence-corrected chi connectivity index (χ1v) is 8.73. The molecule has 1 aromatic heterocycles. The van der Waals surface area contributed by atoms with Gasteiger partial charge in [0.05, 0.1) is 22.7 Å². The molecule has 0 fully saturated rings. The van der Waals surface area contributed by atoms with E-state index in [0.29, 0.717) is 16.1 Å². The molecule has 3 nitrogen and oxygen atoms in total. The first-order chi connectivity index (χ1) is 12.7. The van der Waals surface area contributed by atoms with Crippen molar-refractivity contribution in [2.45, 2.75) is 19.5 Å². The van der Waals surface area contributed by atoms with Gasteiger partial charge in [0.2, 0.25) is 5.91 Å². The number of amides is 1. The quantitative estimate of drug-likeness (QED) is 0.597. The van der Waals surface area contributed by atoms with Crippen molar-refractivity contribution in [2.75, 3.05) is 5.32 Å². The summed E-state index contributed by atoms with van der Waals surface area (Å²) in [5, 5.41) is 3.33. The van der Waals surface area contributed by atoms with Gasteiger partial charge in [0.25, 0.3) is 0 Å². The van der Waals surface area contributed by atoms with Crippen molar-refractivity contribution in [3.63, 3.8) is 0 Å². The van der Waals surface area contributed by atoms with Crippen LogP contribution in [0, 0.1) is 12.7 Å². The van der Waals surface area contributed by atoms with Gasteiger partial charge in [-0.05, 0) is 55.5 Å². The minimum Gasteiger partial charge on any atom is -0.326 e. The second kappa shape index (κ2) is 7.48. The van der Waals surface area contributed by atoms with Gasteiger partial charge in [-0.15, -0.1) is 11.3 Å². The Balaban J connectivity index is 1.74. The Bertz CT molecular complexity index is 947. The van der Waals surface area contributed by atoms with Crippen molar-refractivity contribution in [3.8, 4) is 11.3 Å². The summed E-state index contributed by atoms with van der Waals surface area (Å²) in [5.41, 5.74) is 0.785. The van der Waals surface area contributed by atoms with Gasteiger partial charge in [-0.25, -0.2) is 9.37 Å². The van der Waals surface area contributed by atoms with Crippen LogP contribution < -0.4 is 5.32 Å². The Morgan fingerprint density at radius 2 is 1.70 bits per heavy atom. The van der Waals surface area contributed by atoms with Gasteiger partial charge in [-0.1, -0.05) is 0 Å². The summed E-state index contributed by atoms with van der Waals surface area (Å²) in [6.45, 7) is 1.80. The molecule has 140 valence electrons. The molecule has 2 aromatic carbocycles. The number of aromatic nitrogens is 1. The van der Waals surface area contributed by atoms with Crippen LogP contribution >= 0.6 is 11.3 Å². The molecule has 0 bridgehead atoms. The van der Waals surface area contributed by atoms with Crippen molar-refractivity contribution in [1.29, 1.82) is 0 Å². The molecule has 1 heterocycles. The Kier molecular flexibility index (Phi) is 5.27. The van der Waals surface area contributed by atoms with E-state index < -0.39 is 11.7 Å². The zero-order valence-electron chi connectivity index (χ0n) is 14.1. The summed E-state index contributed by atoms with van der Waals surface area (Å²) in [4.78, 5) is 17.4. The summed E-state index contributed by atoms with van der Waals surface area (Å²) in [6.07, 6.45) is -4.41. The summed E-state index contributed by atoms with van der Waals surface area (Å²) in [5.74, 6) is -0.742. The minimum atomic E-state index is -4.42. The van der Waals surface area contributed by atoms with Crippen LogP contribution in [0.15, 0.2) is 48.5 Å². The number of nitrogens with zero attached hydrogens (tertiary/aromatic N) is 1. The number of thiazole rings is 1. The first kappa shape index (κ1) is 19.0. The van der Waals surface area contributed by atoms with Crippen LogP contribution in [0.5, 0.6) is 0 Å². The van der Waals surface area contributed by atoms with E-state index in [9.17, 15) is 22.4 Å². The molecule has 0 saturated carbocycles. The van der Waals surface area contributed by atoms with Gasteiger partial charge in [-0.2, -0.15) is 13.2 Å². The summed E-state index contributed by atoms with van der Waals surface area (Å²) in [7, 11) is 0. The fraction of sp³-hybridized carbons (Fsp3) is 0.158. The van der Waals surface area contributed by atoms with Gasteiger partial charge in [0, 0.05) is 16.1 Å². The lowest BCUT2D eigenvalue weighted by Gasteiger charge is -2.09. The molecular formula is C19H14F4N2OS. The smallest absolute Gasteiger partial charge is 0.326 e. The predicted molar refractivity (Wildman–Crippen MR) is 96.0 cm³/mol. The number of alkyl halides is 3. The van der Waals surface area contributed by atoms with Gasteiger partial charge < -0.3 is 5.32 Å². The molecular weight excluding hydrogens is 380 g/mol. The van der Waals surface area contributed by atoms with E-state index in [4.69, 9.17) is 0 Å². The Morgan fingerprint density at radius 1 is 1.07 bits per heavy atom. The van der Waals surface area contributed by atoms with Crippen molar-refractivity contribution in [3.05, 3.63) is 69.8 Å². The molecule has 3 aromatic rings. The Morgan fingerprint density at radius 3 is 2.30 bits per heavy atom. The maximum absolute atomic E-state index is 13.1. The van der Waals surface area contributed by atoms with Gasteiger partial charge >= 0.3 is 6.18 Å². The Labute approximate surface area is 156 Å². The molecule has 27 heavy (non-hydrogen) atoms. The largest absolute Gasteiger partial charge is 0.416 e. The van der Waals surface area contributed by atoms with Crippen LogP contribution in [0.25, 0.3) is 11.3 Å². The molecule has 3 rings (SSSR count). The van der Waals surface area contributed by atoms with Crippen LogP contribution in [0.4, 0.5) is 23.2 Å². The standard InChI is InChI=1S/C19H14F4N2OS/c1-11-24-18(12-2-6-14(20)7-3-12)16(27-11)10-17(26)25-15-8-4-13(5-9-15)19(21,22)23/h2-9H,10H2,1H3,(H,25,26). The SMILES string of the molecule is Cc1nc(-c2ccc(F)cc2)c(CC(=O)Nc2ccc(C(F)(F)F)cc2)s1. The van der Waals surface area contributed by atoms with E-state index in [1.165, 1.54) is 35.6 Å². The minimum absolute atomic E-state index is 0.0131. The highest BCUT2D eigenvalue weighted by Gasteiger charge is 2.30. The number of hydrogen-bond donors (Lipinski definition) is 1. The second-order valence-corrected chi connectivity index (χ2v) is 7.10. The zero-order valence-corrected chi connectivity index (χ0v) is 14.9. The number of anilines is 1. The summed E-state index contributed by atoms with van der Waals surface area (Å²) < 4.78 is 50.9. The van der Waals surface area contributed by atoms with Crippen molar-refractivity contribution in [1.82, 2.24) is 4.98 Å². The maximum atomic E-state index is 13.1. The number of carbonyl (C=O) groups is 1. The van der Waals surface area contributed by atoms with E-state index in [0.717, 1.165) is 17.1 Å². The number of nitrogens with one attached hydrogen (secondary N) is 1. The number of hydrogen-bond acceptors (Lipinski definition) is 3. The summed E-state index contributed by atoms with van der Waals surface area (Å²) in [6, 6.07) is 10.0. The van der Waals surface area contributed by atoms with Crippen molar-refractivity contribution < 1.29 is 22.4 Å². The number of halogens is 4. The lowest BCUT2D eigenvalue weighted by molar-refractivity contribution is -0.137. The normalized spacial score (nSPS) is 11.4. The highest BCUT2D eigenvalue weighted by atomic mass is 32.1. The van der Waals surface area contributed by atoms with Gasteiger partial charge in [-0.3, -0.25) is 4.79 Å². The van der Waals surface area contributed by atoms with E-state index in [2.05, 4.69) is 10.3 Å². The molecule has 1 N–H and O–H groups in total. The molecule has 0 unspecified atom stereocenters. The van der Waals surface area contributed by atoms with Crippen LogP contribution in [0.1, 0.15) is 15.4 Å². The number of aryl methyl sites for hydroxylation is 1. The number of rotatable bonds is 4. The molecule has 0 aliphatic rings. The summed E-state index contributed by atoms with van der Waals surface area (Å²) >= 11 is 1.34. The molecule has 0 saturated heterocycles. The lowest BCUT2D eigenvalue weighted by atomic mass is 10.1. The van der Waals surface area contributed by atoms with Crippen LogP contribution in [-0.2, 0) is 17.4 Å². The van der Waals surface area contributed by atoms with Crippen LogP contribution in [0.2, 0.25) is 0 Å². The van der Waals surface area contributed by atoms with Gasteiger partial charge in [0.1, 0.15) is 5.82 Å². The highest BCUT2D eigenvalue weighted by Crippen LogP contribution is 2.31. The maximum Gasteiger partial charge on any atom is 0.416 e. The topological polar surface area (TPSA) is 42.0 Å². The molecule has 1 amide bonds. The number of benzene rings is 2. The number of carbonyl (C=O) groups excluding carboxylic acids is 1. The highest BCUT2D eigenvalue weighted by molar-refractivity contribution is 7.12. The molecule has 0 spiro atoms. The zero-order chi connectivity index (χ0) is 19.6. The van der Waals surface area contributed by atoms with E-state index in [1.807, 2.05) is 0 Å². The Hall–Kier alpha value is -2.74. The molecule has 0 atom stereocenters. The molecule has 0 aliphatic heterocycles. The third-order valence-electron chi connectivity index (χ3n) is 3.74. The van der Waals surface area contributed by atoms with E-state index in [1.54, 1.807) is 19.1 Å².